The molecular formula is C15H24N6. The smallest absolute Gasteiger partial charge is 0.146 e. The van der Waals surface area contributed by atoms with Crippen molar-refractivity contribution in [3.8, 4) is 0 Å². The van der Waals surface area contributed by atoms with Gasteiger partial charge in [-0.15, -0.1) is 0 Å². The van der Waals surface area contributed by atoms with Crippen LogP contribution in [0.25, 0.3) is 0 Å². The number of nitrogens with one attached hydrogen (secondary N) is 2. The van der Waals surface area contributed by atoms with Crippen molar-refractivity contribution in [2.45, 2.75) is 40.2 Å². The third-order valence-corrected chi connectivity index (χ3v) is 3.15. The van der Waals surface area contributed by atoms with Gasteiger partial charge in [0.15, 0.2) is 0 Å². The van der Waals surface area contributed by atoms with Gasteiger partial charge in [0, 0.05) is 25.3 Å². The lowest BCUT2D eigenvalue weighted by atomic mass is 10.4. The molecule has 0 aliphatic heterocycles. The van der Waals surface area contributed by atoms with Crippen LogP contribution in [0.3, 0.4) is 0 Å². The normalized spacial score (nSPS) is 10.6. The molecule has 0 saturated carbocycles. The first-order chi connectivity index (χ1) is 10.2. The minimum atomic E-state index is 0.810. The Morgan fingerprint density at radius 3 is 2.43 bits per heavy atom. The Labute approximate surface area is 126 Å². The summed E-state index contributed by atoms with van der Waals surface area (Å²) in [6, 6.07) is 2.10. The highest BCUT2D eigenvalue weighted by Crippen LogP contribution is 2.07. The van der Waals surface area contributed by atoms with E-state index >= 15 is 0 Å². The number of aryl methyl sites for hydroxylation is 3. The third kappa shape index (κ3) is 4.73. The van der Waals surface area contributed by atoms with E-state index in [1.165, 1.54) is 5.69 Å². The summed E-state index contributed by atoms with van der Waals surface area (Å²) in [4.78, 5) is 8.66. The highest BCUT2D eigenvalue weighted by molar-refractivity contribution is 5.41. The molecule has 2 rings (SSSR count). The molecule has 0 amide bonds. The molecule has 0 atom stereocenters. The van der Waals surface area contributed by atoms with Gasteiger partial charge in [0.05, 0.1) is 18.1 Å². The second-order valence-corrected chi connectivity index (χ2v) is 5.15. The highest BCUT2D eigenvalue weighted by Gasteiger charge is 2.01. The summed E-state index contributed by atoms with van der Waals surface area (Å²) < 4.78 is 2.04. The van der Waals surface area contributed by atoms with Gasteiger partial charge in [-0.05, 0) is 32.8 Å². The van der Waals surface area contributed by atoms with Crippen LogP contribution in [0.4, 0.5) is 11.6 Å². The van der Waals surface area contributed by atoms with E-state index in [4.69, 9.17) is 0 Å². The highest BCUT2D eigenvalue weighted by atomic mass is 15.3. The first-order valence-electron chi connectivity index (χ1n) is 7.50. The fourth-order valence-corrected chi connectivity index (χ4v) is 2.14. The molecule has 2 aromatic rings. The number of rotatable bonds is 8. The first-order valence-corrected chi connectivity index (χ1v) is 7.50. The minimum Gasteiger partial charge on any atom is -0.369 e. The molecule has 0 aliphatic rings. The van der Waals surface area contributed by atoms with Gasteiger partial charge >= 0.3 is 0 Å². The average molecular weight is 288 g/mol. The maximum Gasteiger partial charge on any atom is 0.146 e. The lowest BCUT2D eigenvalue weighted by Gasteiger charge is -2.08. The van der Waals surface area contributed by atoms with Gasteiger partial charge in [-0.2, -0.15) is 5.10 Å². The van der Waals surface area contributed by atoms with Crippen molar-refractivity contribution in [2.75, 3.05) is 23.7 Å². The second-order valence-electron chi connectivity index (χ2n) is 5.15. The lowest BCUT2D eigenvalue weighted by molar-refractivity contribution is 0.573. The van der Waals surface area contributed by atoms with Crippen LogP contribution in [0, 0.1) is 13.8 Å². The maximum atomic E-state index is 4.47. The number of nitrogens with zero attached hydrogens (tertiary/aromatic N) is 4. The summed E-state index contributed by atoms with van der Waals surface area (Å²) in [6.07, 6.45) is 5.56. The van der Waals surface area contributed by atoms with E-state index in [-0.39, 0.29) is 0 Å². The lowest BCUT2D eigenvalue weighted by Crippen LogP contribution is -2.10. The van der Waals surface area contributed by atoms with Crippen molar-refractivity contribution >= 4 is 11.6 Å². The van der Waals surface area contributed by atoms with E-state index in [0.717, 1.165) is 49.8 Å². The molecular weight excluding hydrogens is 264 g/mol. The number of hydrogen-bond acceptors (Lipinski definition) is 5. The van der Waals surface area contributed by atoms with Crippen molar-refractivity contribution in [3.05, 3.63) is 29.8 Å². The molecule has 2 N–H and O–H groups in total. The Morgan fingerprint density at radius 2 is 1.81 bits per heavy atom. The number of hydrogen-bond donors (Lipinski definition) is 2. The van der Waals surface area contributed by atoms with Crippen LogP contribution in [-0.2, 0) is 6.54 Å². The van der Waals surface area contributed by atoms with Crippen molar-refractivity contribution < 1.29 is 0 Å². The Bertz CT molecular complexity index is 563. The summed E-state index contributed by atoms with van der Waals surface area (Å²) in [5.74, 6) is 1.63. The van der Waals surface area contributed by atoms with Gasteiger partial charge in [0.2, 0.25) is 0 Å². The molecule has 0 aromatic carbocycles. The second kappa shape index (κ2) is 7.61. The monoisotopic (exact) mass is 288 g/mol. The van der Waals surface area contributed by atoms with E-state index in [9.17, 15) is 0 Å². The molecule has 0 radical (unpaired) electrons. The molecule has 6 heteroatoms. The van der Waals surface area contributed by atoms with E-state index in [0.29, 0.717) is 0 Å². The Kier molecular flexibility index (Phi) is 5.54. The van der Waals surface area contributed by atoms with Crippen molar-refractivity contribution in [1.82, 2.24) is 19.7 Å². The summed E-state index contributed by atoms with van der Waals surface area (Å²) in [5.41, 5.74) is 2.28. The predicted molar refractivity (Wildman–Crippen MR) is 85.6 cm³/mol. The van der Waals surface area contributed by atoms with Gasteiger partial charge in [0.1, 0.15) is 11.6 Å². The Hall–Kier alpha value is -2.11. The SMILES string of the molecule is CCCNc1cncc(NCCCn2nc(C)cc2C)n1. The molecule has 0 saturated heterocycles. The largest absolute Gasteiger partial charge is 0.369 e. The zero-order chi connectivity index (χ0) is 15.1. The zero-order valence-electron chi connectivity index (χ0n) is 13.1. The van der Waals surface area contributed by atoms with Crippen LogP contribution < -0.4 is 10.6 Å². The molecule has 0 fully saturated rings. The summed E-state index contributed by atoms with van der Waals surface area (Å²) >= 11 is 0. The van der Waals surface area contributed by atoms with Gasteiger partial charge in [0.25, 0.3) is 0 Å². The fourth-order valence-electron chi connectivity index (χ4n) is 2.14. The van der Waals surface area contributed by atoms with E-state index in [1.807, 2.05) is 11.6 Å². The maximum absolute atomic E-state index is 4.47. The predicted octanol–water partition coefficient (Wildman–Crippen LogP) is 2.61. The quantitative estimate of drug-likeness (QED) is 0.731. The molecule has 0 unspecified atom stereocenters. The van der Waals surface area contributed by atoms with Gasteiger partial charge in [-0.25, -0.2) is 4.98 Å². The van der Waals surface area contributed by atoms with Gasteiger partial charge in [-0.1, -0.05) is 6.92 Å². The summed E-state index contributed by atoms with van der Waals surface area (Å²) in [7, 11) is 0. The van der Waals surface area contributed by atoms with Crippen molar-refractivity contribution in [3.63, 3.8) is 0 Å². The molecule has 21 heavy (non-hydrogen) atoms. The number of aromatic nitrogens is 4. The summed E-state index contributed by atoms with van der Waals surface area (Å²) in [5, 5.41) is 11.0. The molecule has 0 aliphatic carbocycles. The molecule has 0 spiro atoms. The van der Waals surface area contributed by atoms with E-state index in [1.54, 1.807) is 12.4 Å². The third-order valence-electron chi connectivity index (χ3n) is 3.15. The zero-order valence-corrected chi connectivity index (χ0v) is 13.1. The van der Waals surface area contributed by atoms with Crippen molar-refractivity contribution in [2.24, 2.45) is 0 Å². The Morgan fingerprint density at radius 1 is 1.10 bits per heavy atom. The first kappa shape index (κ1) is 15.3. The number of anilines is 2. The van der Waals surface area contributed by atoms with Crippen LogP contribution in [-0.4, -0.2) is 32.8 Å². The van der Waals surface area contributed by atoms with E-state index < -0.39 is 0 Å². The molecule has 6 nitrogen and oxygen atoms in total. The van der Waals surface area contributed by atoms with Crippen LogP contribution in [0.2, 0.25) is 0 Å². The van der Waals surface area contributed by atoms with Crippen LogP contribution >= 0.6 is 0 Å². The molecule has 114 valence electrons. The molecule has 2 aromatic heterocycles. The van der Waals surface area contributed by atoms with Crippen LogP contribution in [0.15, 0.2) is 18.5 Å². The standard InChI is InChI=1S/C15H24N6/c1-4-6-17-14-10-16-11-15(19-14)18-7-5-8-21-13(3)9-12(2)20-21/h9-11H,4-8H2,1-3H3,(H2,17,18,19). The minimum absolute atomic E-state index is 0.810. The van der Waals surface area contributed by atoms with E-state index in [2.05, 4.69) is 45.6 Å². The molecule has 0 bridgehead atoms. The van der Waals surface area contributed by atoms with Gasteiger partial charge in [-0.3, -0.25) is 9.67 Å². The average Bonchev–Trinajstić information content (AvgIpc) is 2.80. The summed E-state index contributed by atoms with van der Waals surface area (Å²) in [6.45, 7) is 8.91. The van der Waals surface area contributed by atoms with Gasteiger partial charge < -0.3 is 10.6 Å². The molecule has 2 heterocycles. The Balaban J connectivity index is 1.76. The van der Waals surface area contributed by atoms with Crippen molar-refractivity contribution in [1.29, 1.82) is 0 Å². The van der Waals surface area contributed by atoms with Crippen LogP contribution in [0.5, 0.6) is 0 Å². The van der Waals surface area contributed by atoms with Crippen LogP contribution in [0.1, 0.15) is 31.2 Å². The topological polar surface area (TPSA) is 67.7 Å². The fraction of sp³-hybridized carbons (Fsp3) is 0.533.